The normalized spacial score (nSPS) is 21.7. The van der Waals surface area contributed by atoms with Gasteiger partial charge < -0.3 is 28.6 Å². The van der Waals surface area contributed by atoms with Crippen LogP contribution in [0.15, 0.2) is 24.3 Å². The number of methoxy groups -OCH3 is 1. The summed E-state index contributed by atoms with van der Waals surface area (Å²) in [6.45, 7) is 13.5. The average molecular weight is 529 g/mol. The van der Waals surface area contributed by atoms with Crippen LogP contribution in [0, 0.1) is 11.8 Å². The van der Waals surface area contributed by atoms with Crippen LogP contribution in [0.4, 0.5) is 4.79 Å². The number of likely N-dealkylation sites (tertiary alicyclic amines) is 1. The first kappa shape index (κ1) is 28.4. The number of carbonyl (C=O) groups is 2. The number of ether oxygens (including phenoxy) is 3. The number of amides is 2. The zero-order valence-corrected chi connectivity index (χ0v) is 23.8. The fourth-order valence-electron chi connectivity index (χ4n) is 5.31. The number of carbonyl (C=O) groups excluding carboxylic acids is 2. The lowest BCUT2D eigenvalue weighted by Gasteiger charge is -2.43. The van der Waals surface area contributed by atoms with Crippen molar-refractivity contribution < 1.29 is 23.8 Å². The number of hydrogen-bond acceptors (Lipinski definition) is 6. The number of nitrogens with zero attached hydrogens (tertiary/aromatic N) is 4. The molecule has 2 fully saturated rings. The molecule has 1 unspecified atom stereocenters. The van der Waals surface area contributed by atoms with Gasteiger partial charge in [0, 0.05) is 45.8 Å². The fourth-order valence-corrected chi connectivity index (χ4v) is 5.31. The monoisotopic (exact) mass is 528 g/mol. The Kier molecular flexibility index (Phi) is 8.98. The molecule has 0 bridgehead atoms. The van der Waals surface area contributed by atoms with Crippen molar-refractivity contribution in [3.05, 3.63) is 30.1 Å². The summed E-state index contributed by atoms with van der Waals surface area (Å²) in [4.78, 5) is 35.9. The van der Waals surface area contributed by atoms with Crippen molar-refractivity contribution >= 4 is 23.0 Å². The highest BCUT2D eigenvalue weighted by atomic mass is 16.6. The highest BCUT2D eigenvalue weighted by molar-refractivity contribution is 5.95. The van der Waals surface area contributed by atoms with Gasteiger partial charge in [-0.1, -0.05) is 26.0 Å². The van der Waals surface area contributed by atoms with Crippen molar-refractivity contribution in [3.8, 4) is 0 Å². The zero-order valence-electron chi connectivity index (χ0n) is 23.8. The molecule has 0 radical (unpaired) electrons. The van der Waals surface area contributed by atoms with Crippen LogP contribution in [0.2, 0.25) is 0 Å². The number of benzene rings is 1. The first-order valence-corrected chi connectivity index (χ1v) is 13.9. The van der Waals surface area contributed by atoms with Gasteiger partial charge in [0.15, 0.2) is 5.82 Å². The van der Waals surface area contributed by atoms with Crippen molar-refractivity contribution in [2.24, 2.45) is 11.8 Å². The molecule has 0 spiro atoms. The Morgan fingerprint density at radius 3 is 2.58 bits per heavy atom. The average Bonchev–Trinajstić information content (AvgIpc) is 3.65. The molecule has 210 valence electrons. The minimum Gasteiger partial charge on any atom is -0.444 e. The van der Waals surface area contributed by atoms with Crippen LogP contribution in [0.25, 0.3) is 11.0 Å². The van der Waals surface area contributed by atoms with Crippen LogP contribution < -0.4 is 0 Å². The SMILES string of the molecule is COCCCCn1c(C(=O)N(CC(C)C)[C@H]2CC([C@H]3CO3)CN(C(=O)OC(C)(C)C)C2)nc2ccccc21. The lowest BCUT2D eigenvalue weighted by Crippen LogP contribution is -2.56. The van der Waals surface area contributed by atoms with E-state index in [2.05, 4.69) is 18.4 Å². The Balaban J connectivity index is 1.64. The van der Waals surface area contributed by atoms with Gasteiger partial charge in [0.1, 0.15) is 5.60 Å². The first-order chi connectivity index (χ1) is 18.1. The number of epoxide rings is 1. The summed E-state index contributed by atoms with van der Waals surface area (Å²) < 4.78 is 18.6. The summed E-state index contributed by atoms with van der Waals surface area (Å²) in [7, 11) is 1.70. The number of imidazole rings is 1. The number of hydrogen-bond donors (Lipinski definition) is 0. The van der Waals surface area contributed by atoms with Gasteiger partial charge >= 0.3 is 6.09 Å². The van der Waals surface area contributed by atoms with E-state index in [1.807, 2.05) is 49.9 Å². The number of para-hydroxylation sites is 2. The molecule has 0 saturated carbocycles. The maximum Gasteiger partial charge on any atom is 0.410 e. The number of fused-ring (bicyclic) bond motifs is 1. The molecule has 9 heteroatoms. The molecule has 0 aliphatic carbocycles. The van der Waals surface area contributed by atoms with Crippen molar-refractivity contribution in [1.29, 1.82) is 0 Å². The largest absolute Gasteiger partial charge is 0.444 e. The van der Waals surface area contributed by atoms with Crippen LogP contribution in [0.1, 0.15) is 64.5 Å². The van der Waals surface area contributed by atoms with Crippen LogP contribution >= 0.6 is 0 Å². The second-order valence-electron chi connectivity index (χ2n) is 12.0. The van der Waals surface area contributed by atoms with E-state index < -0.39 is 5.60 Å². The van der Waals surface area contributed by atoms with Gasteiger partial charge in [-0.15, -0.1) is 0 Å². The van der Waals surface area contributed by atoms with E-state index in [0.717, 1.165) is 30.3 Å². The summed E-state index contributed by atoms with van der Waals surface area (Å²) in [6.07, 6.45) is 2.37. The Hall–Kier alpha value is -2.65. The quantitative estimate of drug-likeness (QED) is 0.331. The van der Waals surface area contributed by atoms with Crippen molar-refractivity contribution in [2.75, 3.05) is 40.0 Å². The molecule has 1 aromatic carbocycles. The van der Waals surface area contributed by atoms with Crippen LogP contribution in [0.3, 0.4) is 0 Å². The predicted molar refractivity (Wildman–Crippen MR) is 146 cm³/mol. The third-order valence-corrected chi connectivity index (χ3v) is 7.09. The van der Waals surface area contributed by atoms with Gasteiger partial charge in [-0.3, -0.25) is 4.79 Å². The number of unbranched alkanes of at least 4 members (excludes halogenated alkanes) is 1. The molecule has 2 aliphatic rings. The molecular formula is C29H44N4O5. The summed E-state index contributed by atoms with van der Waals surface area (Å²) in [5, 5.41) is 0. The molecule has 2 amide bonds. The standard InChI is InChI=1S/C29H44N4O5/c1-20(2)16-33(22-15-21(25-19-37-25)17-31(18-22)28(35)38-29(3,4)5)27(34)26-30-23-11-7-8-12-24(23)32(26)13-9-10-14-36-6/h7-8,11-12,20-22,25H,9-10,13-19H2,1-6H3/t21?,22-,25+/m0/s1. The third-order valence-electron chi connectivity index (χ3n) is 7.09. The molecule has 2 aromatic rings. The maximum absolute atomic E-state index is 14.3. The Labute approximate surface area is 226 Å². The van der Waals surface area contributed by atoms with E-state index in [1.165, 1.54) is 0 Å². The van der Waals surface area contributed by atoms with Crippen molar-refractivity contribution in [2.45, 2.75) is 78.2 Å². The zero-order chi connectivity index (χ0) is 27.4. The third kappa shape index (κ3) is 7.05. The van der Waals surface area contributed by atoms with Crippen molar-refractivity contribution in [3.63, 3.8) is 0 Å². The van der Waals surface area contributed by atoms with Gasteiger partial charge in [0.2, 0.25) is 0 Å². The minimum atomic E-state index is -0.587. The first-order valence-electron chi connectivity index (χ1n) is 13.9. The predicted octanol–water partition coefficient (Wildman–Crippen LogP) is 4.59. The van der Waals surface area contributed by atoms with E-state index in [1.54, 1.807) is 12.0 Å². The van der Waals surface area contributed by atoms with Crippen LogP contribution in [0.5, 0.6) is 0 Å². The molecule has 4 rings (SSSR count). The van der Waals surface area contributed by atoms with Gasteiger partial charge in [0.05, 0.1) is 29.8 Å². The van der Waals surface area contributed by atoms with Gasteiger partial charge in [-0.05, 0) is 58.1 Å². The summed E-state index contributed by atoms with van der Waals surface area (Å²) in [5.41, 5.74) is 1.19. The summed E-state index contributed by atoms with van der Waals surface area (Å²) >= 11 is 0. The molecule has 2 saturated heterocycles. The second-order valence-corrected chi connectivity index (χ2v) is 12.0. The Morgan fingerprint density at radius 1 is 1.18 bits per heavy atom. The summed E-state index contributed by atoms with van der Waals surface area (Å²) in [6, 6.07) is 7.76. The molecule has 0 N–H and O–H groups in total. The smallest absolute Gasteiger partial charge is 0.410 e. The topological polar surface area (TPSA) is 89.4 Å². The van der Waals surface area contributed by atoms with Crippen LogP contribution in [-0.2, 0) is 20.8 Å². The van der Waals surface area contributed by atoms with Crippen LogP contribution in [-0.4, -0.2) is 89.1 Å². The maximum atomic E-state index is 14.3. The number of aromatic nitrogens is 2. The molecule has 38 heavy (non-hydrogen) atoms. The summed E-state index contributed by atoms with van der Waals surface area (Å²) in [5.74, 6) is 0.786. The molecule has 3 heterocycles. The van der Waals surface area contributed by atoms with Crippen molar-refractivity contribution in [1.82, 2.24) is 19.4 Å². The van der Waals surface area contributed by atoms with Gasteiger partial charge in [-0.2, -0.15) is 0 Å². The number of piperidine rings is 1. The lowest BCUT2D eigenvalue weighted by atomic mass is 9.90. The fraction of sp³-hybridized carbons (Fsp3) is 0.690. The number of aryl methyl sites for hydroxylation is 1. The highest BCUT2D eigenvalue weighted by Gasteiger charge is 2.44. The van der Waals surface area contributed by atoms with E-state index in [-0.39, 0.29) is 36.0 Å². The molecule has 2 aliphatic heterocycles. The molecule has 9 nitrogen and oxygen atoms in total. The van der Waals surface area contributed by atoms with E-state index in [4.69, 9.17) is 19.2 Å². The number of rotatable bonds is 10. The van der Waals surface area contributed by atoms with Gasteiger partial charge in [-0.25, -0.2) is 9.78 Å². The van der Waals surface area contributed by atoms with Gasteiger partial charge in [0.25, 0.3) is 5.91 Å². The van der Waals surface area contributed by atoms with E-state index in [0.29, 0.717) is 45.2 Å². The Bertz CT molecular complexity index is 1100. The lowest BCUT2D eigenvalue weighted by molar-refractivity contribution is -0.00159. The van der Waals surface area contributed by atoms with E-state index >= 15 is 0 Å². The minimum absolute atomic E-state index is 0.0897. The van der Waals surface area contributed by atoms with E-state index in [9.17, 15) is 9.59 Å². The highest BCUT2D eigenvalue weighted by Crippen LogP contribution is 2.32. The molecule has 1 aromatic heterocycles. The molecular weight excluding hydrogens is 484 g/mol. The second kappa shape index (κ2) is 12.0. The molecule has 3 atom stereocenters. The Morgan fingerprint density at radius 2 is 1.92 bits per heavy atom.